The summed E-state index contributed by atoms with van der Waals surface area (Å²) in [5.41, 5.74) is 0.576. The molecule has 0 aliphatic carbocycles. The van der Waals surface area contributed by atoms with Gasteiger partial charge in [-0.2, -0.15) is 0 Å². The van der Waals surface area contributed by atoms with Crippen LogP contribution in [0.25, 0.3) is 6.08 Å². The van der Waals surface area contributed by atoms with Crippen LogP contribution >= 0.6 is 23.4 Å². The monoisotopic (exact) mass is 390 g/mol. The lowest BCUT2D eigenvalue weighted by atomic mass is 10.2. The van der Waals surface area contributed by atoms with Crippen molar-refractivity contribution in [2.45, 2.75) is 0 Å². The highest BCUT2D eigenvalue weighted by Crippen LogP contribution is 2.34. The Balaban J connectivity index is 1.75. The van der Waals surface area contributed by atoms with Crippen LogP contribution in [0.4, 0.5) is 14.9 Å². The first-order chi connectivity index (χ1) is 12.5. The predicted molar refractivity (Wildman–Crippen MR) is 99.2 cm³/mol. The molecule has 26 heavy (non-hydrogen) atoms. The third kappa shape index (κ3) is 3.95. The molecule has 3 rings (SSSR count). The van der Waals surface area contributed by atoms with Gasteiger partial charge in [0, 0.05) is 11.3 Å². The first-order valence-electron chi connectivity index (χ1n) is 7.50. The minimum atomic E-state index is -0.664. The molecule has 1 fully saturated rings. The van der Waals surface area contributed by atoms with Gasteiger partial charge >= 0.3 is 0 Å². The number of carbonyl (C=O) groups is 3. The second-order valence-corrected chi connectivity index (χ2v) is 6.72. The fraction of sp³-hybridized carbons (Fsp3) is 0.0556. The summed E-state index contributed by atoms with van der Waals surface area (Å²) in [7, 11) is 0. The fourth-order valence-electron chi connectivity index (χ4n) is 2.28. The molecule has 2 aromatic carbocycles. The Morgan fingerprint density at radius 2 is 1.88 bits per heavy atom. The third-order valence-electron chi connectivity index (χ3n) is 3.51. The number of amides is 3. The quantitative estimate of drug-likeness (QED) is 0.796. The van der Waals surface area contributed by atoms with Gasteiger partial charge in [0.1, 0.15) is 12.4 Å². The molecule has 3 amide bonds. The smallest absolute Gasteiger partial charge is 0.294 e. The van der Waals surface area contributed by atoms with E-state index in [1.54, 1.807) is 30.3 Å². The Morgan fingerprint density at radius 3 is 2.58 bits per heavy atom. The molecule has 1 N–H and O–H groups in total. The van der Waals surface area contributed by atoms with Crippen molar-refractivity contribution in [2.75, 3.05) is 11.9 Å². The number of imide groups is 1. The SMILES string of the molecule is O=C(CN1C(=O)SC(=Cc2c(F)cccc2Cl)C1=O)Nc1ccccc1. The average molecular weight is 391 g/mol. The number of carbonyl (C=O) groups excluding carboxylic acids is 3. The zero-order chi connectivity index (χ0) is 18.7. The summed E-state index contributed by atoms with van der Waals surface area (Å²) in [4.78, 5) is 37.3. The fourth-order valence-corrected chi connectivity index (χ4v) is 3.32. The topological polar surface area (TPSA) is 66.5 Å². The van der Waals surface area contributed by atoms with Gasteiger partial charge in [0.2, 0.25) is 5.91 Å². The lowest BCUT2D eigenvalue weighted by Gasteiger charge is -2.12. The normalized spacial score (nSPS) is 15.6. The van der Waals surface area contributed by atoms with Crippen LogP contribution in [-0.2, 0) is 9.59 Å². The molecule has 2 aromatic rings. The molecule has 0 unspecified atom stereocenters. The van der Waals surface area contributed by atoms with Gasteiger partial charge in [0.15, 0.2) is 0 Å². The molecule has 0 spiro atoms. The Morgan fingerprint density at radius 1 is 1.15 bits per heavy atom. The molecule has 0 saturated carbocycles. The number of hydrogen-bond acceptors (Lipinski definition) is 4. The second-order valence-electron chi connectivity index (χ2n) is 5.32. The summed E-state index contributed by atoms with van der Waals surface area (Å²) >= 11 is 6.57. The predicted octanol–water partition coefficient (Wildman–Crippen LogP) is 4.15. The van der Waals surface area contributed by atoms with Gasteiger partial charge in [-0.3, -0.25) is 19.3 Å². The highest BCUT2D eigenvalue weighted by molar-refractivity contribution is 8.18. The third-order valence-corrected chi connectivity index (χ3v) is 4.74. The van der Waals surface area contributed by atoms with E-state index in [1.807, 2.05) is 0 Å². The summed E-state index contributed by atoms with van der Waals surface area (Å²) in [6, 6.07) is 12.8. The lowest BCUT2D eigenvalue weighted by molar-refractivity contribution is -0.127. The van der Waals surface area contributed by atoms with Crippen molar-refractivity contribution in [3.8, 4) is 0 Å². The number of halogens is 2. The van der Waals surface area contributed by atoms with Crippen LogP contribution < -0.4 is 5.32 Å². The van der Waals surface area contributed by atoms with Gasteiger partial charge in [0.25, 0.3) is 11.1 Å². The first-order valence-corrected chi connectivity index (χ1v) is 8.69. The minimum absolute atomic E-state index is 0.00881. The van der Waals surface area contributed by atoms with Crippen molar-refractivity contribution in [3.05, 3.63) is 69.8 Å². The Bertz CT molecular complexity index is 898. The van der Waals surface area contributed by atoms with E-state index < -0.39 is 29.4 Å². The van der Waals surface area contributed by atoms with Crippen molar-refractivity contribution < 1.29 is 18.8 Å². The van der Waals surface area contributed by atoms with Gasteiger partial charge in [-0.1, -0.05) is 35.9 Å². The van der Waals surface area contributed by atoms with Crippen molar-refractivity contribution in [1.82, 2.24) is 4.90 Å². The molecule has 1 aliphatic rings. The highest BCUT2D eigenvalue weighted by atomic mass is 35.5. The summed E-state index contributed by atoms with van der Waals surface area (Å²) in [5.74, 6) is -1.78. The van der Waals surface area contributed by atoms with Gasteiger partial charge in [-0.15, -0.1) is 0 Å². The minimum Gasteiger partial charge on any atom is -0.325 e. The van der Waals surface area contributed by atoms with E-state index in [1.165, 1.54) is 24.3 Å². The first kappa shape index (κ1) is 18.2. The number of para-hydroxylation sites is 1. The maximum atomic E-state index is 13.9. The van der Waals surface area contributed by atoms with Crippen LogP contribution in [0.3, 0.4) is 0 Å². The number of nitrogens with one attached hydrogen (secondary N) is 1. The van der Waals surface area contributed by atoms with Crippen LogP contribution in [0.2, 0.25) is 5.02 Å². The van der Waals surface area contributed by atoms with Gasteiger partial charge < -0.3 is 5.32 Å². The average Bonchev–Trinajstić information content (AvgIpc) is 2.86. The second kappa shape index (κ2) is 7.72. The van der Waals surface area contributed by atoms with E-state index in [2.05, 4.69) is 5.32 Å². The van der Waals surface area contributed by atoms with Crippen molar-refractivity contribution in [3.63, 3.8) is 0 Å². The standard InChI is InChI=1S/C18H12ClFN2O3S/c19-13-7-4-8-14(20)12(13)9-15-17(24)22(18(25)26-15)10-16(23)21-11-5-2-1-3-6-11/h1-9H,10H2,(H,21,23). The number of hydrogen-bond donors (Lipinski definition) is 1. The van der Waals surface area contributed by atoms with Crippen LogP contribution in [0.5, 0.6) is 0 Å². The number of nitrogens with zero attached hydrogens (tertiary/aromatic N) is 1. The number of benzene rings is 2. The van der Waals surface area contributed by atoms with E-state index in [9.17, 15) is 18.8 Å². The molecule has 5 nitrogen and oxygen atoms in total. The Hall–Kier alpha value is -2.64. The number of rotatable bonds is 4. The molecule has 1 aliphatic heterocycles. The van der Waals surface area contributed by atoms with Crippen molar-refractivity contribution in [2.24, 2.45) is 0 Å². The van der Waals surface area contributed by atoms with Gasteiger partial charge in [0.05, 0.1) is 9.93 Å². The molecule has 0 atom stereocenters. The largest absolute Gasteiger partial charge is 0.325 e. The van der Waals surface area contributed by atoms with Crippen LogP contribution in [0.1, 0.15) is 5.56 Å². The molecule has 8 heteroatoms. The zero-order valence-corrected chi connectivity index (χ0v) is 14.8. The van der Waals surface area contributed by atoms with Crippen molar-refractivity contribution in [1.29, 1.82) is 0 Å². The van der Waals surface area contributed by atoms with E-state index in [-0.39, 0.29) is 15.5 Å². The van der Waals surface area contributed by atoms with E-state index in [4.69, 9.17) is 11.6 Å². The molecule has 1 saturated heterocycles. The van der Waals surface area contributed by atoms with E-state index in [0.29, 0.717) is 17.4 Å². The molecular formula is C18H12ClFN2O3S. The number of thioether (sulfide) groups is 1. The maximum Gasteiger partial charge on any atom is 0.294 e. The highest BCUT2D eigenvalue weighted by Gasteiger charge is 2.36. The summed E-state index contributed by atoms with van der Waals surface area (Å²) in [5, 5.41) is 2.12. The molecule has 1 heterocycles. The summed E-state index contributed by atoms with van der Waals surface area (Å²) in [6.07, 6.45) is 1.22. The molecular weight excluding hydrogens is 379 g/mol. The van der Waals surface area contributed by atoms with Crippen LogP contribution in [-0.4, -0.2) is 28.5 Å². The Kier molecular flexibility index (Phi) is 5.39. The van der Waals surface area contributed by atoms with Gasteiger partial charge in [-0.05, 0) is 42.1 Å². The maximum absolute atomic E-state index is 13.9. The van der Waals surface area contributed by atoms with Gasteiger partial charge in [-0.25, -0.2) is 4.39 Å². The Labute approximate surface area is 157 Å². The molecule has 132 valence electrons. The molecule has 0 radical (unpaired) electrons. The zero-order valence-electron chi connectivity index (χ0n) is 13.2. The van der Waals surface area contributed by atoms with E-state index in [0.717, 1.165) is 4.90 Å². The van der Waals surface area contributed by atoms with E-state index >= 15 is 0 Å². The van der Waals surface area contributed by atoms with Crippen LogP contribution in [0.15, 0.2) is 53.4 Å². The lowest BCUT2D eigenvalue weighted by Crippen LogP contribution is -2.36. The molecule has 0 aromatic heterocycles. The molecule has 0 bridgehead atoms. The number of anilines is 1. The van der Waals surface area contributed by atoms with Crippen molar-refractivity contribution >= 4 is 52.2 Å². The summed E-state index contributed by atoms with van der Waals surface area (Å²) < 4.78 is 13.9. The van der Waals surface area contributed by atoms with Crippen LogP contribution in [0, 0.1) is 5.82 Å². The summed E-state index contributed by atoms with van der Waals surface area (Å²) in [6.45, 7) is -0.429.